The van der Waals surface area contributed by atoms with Crippen LogP contribution in [0.25, 0.3) is 0 Å². The Labute approximate surface area is 111 Å². The molecule has 1 amide bonds. The standard InChI is InChI=1S/C14H18FNO3/c15-6-12-7-16(8-13(12)9-17)14(18)19-10-11-4-2-1-3-5-11/h1-5,12-13,17H,6-10H2/t12-,13+/m1/s1. The highest BCUT2D eigenvalue weighted by atomic mass is 19.1. The summed E-state index contributed by atoms with van der Waals surface area (Å²) in [5, 5.41) is 9.13. The van der Waals surface area contributed by atoms with Crippen LogP contribution in [0, 0.1) is 11.8 Å². The summed E-state index contributed by atoms with van der Waals surface area (Å²) in [5.41, 5.74) is 0.913. The third-order valence-electron chi connectivity index (χ3n) is 3.47. The van der Waals surface area contributed by atoms with Gasteiger partial charge in [0.15, 0.2) is 0 Å². The van der Waals surface area contributed by atoms with Gasteiger partial charge in [-0.3, -0.25) is 4.39 Å². The summed E-state index contributed by atoms with van der Waals surface area (Å²) < 4.78 is 17.9. The fourth-order valence-electron chi connectivity index (χ4n) is 2.28. The Morgan fingerprint density at radius 3 is 2.58 bits per heavy atom. The van der Waals surface area contributed by atoms with Crippen LogP contribution < -0.4 is 0 Å². The first-order valence-electron chi connectivity index (χ1n) is 6.37. The number of carbonyl (C=O) groups is 1. The normalized spacial score (nSPS) is 22.5. The lowest BCUT2D eigenvalue weighted by atomic mass is 9.99. The molecular formula is C14H18FNO3. The second kappa shape index (κ2) is 6.52. The van der Waals surface area contributed by atoms with Crippen molar-refractivity contribution in [1.82, 2.24) is 4.90 Å². The fourth-order valence-corrected chi connectivity index (χ4v) is 2.28. The van der Waals surface area contributed by atoms with Crippen molar-refractivity contribution in [2.24, 2.45) is 11.8 Å². The van der Waals surface area contributed by atoms with E-state index in [0.29, 0.717) is 13.1 Å². The second-order valence-corrected chi connectivity index (χ2v) is 4.80. The summed E-state index contributed by atoms with van der Waals surface area (Å²) in [7, 11) is 0. The zero-order valence-electron chi connectivity index (χ0n) is 10.7. The largest absolute Gasteiger partial charge is 0.445 e. The molecule has 1 aliphatic heterocycles. The zero-order chi connectivity index (χ0) is 13.7. The van der Waals surface area contributed by atoms with E-state index in [1.54, 1.807) is 0 Å². The molecule has 0 radical (unpaired) electrons. The second-order valence-electron chi connectivity index (χ2n) is 4.80. The Morgan fingerprint density at radius 1 is 1.32 bits per heavy atom. The fraction of sp³-hybridized carbons (Fsp3) is 0.500. The number of amides is 1. The highest BCUT2D eigenvalue weighted by molar-refractivity contribution is 5.68. The number of nitrogens with zero attached hydrogens (tertiary/aromatic N) is 1. The van der Waals surface area contributed by atoms with E-state index in [1.807, 2.05) is 30.3 Å². The SMILES string of the molecule is O=C(OCc1ccccc1)N1C[C@@H](CO)[C@H](CF)C1. The van der Waals surface area contributed by atoms with Gasteiger partial charge in [-0.15, -0.1) is 0 Å². The Hall–Kier alpha value is -1.62. The van der Waals surface area contributed by atoms with E-state index >= 15 is 0 Å². The average molecular weight is 267 g/mol. The first-order valence-corrected chi connectivity index (χ1v) is 6.37. The quantitative estimate of drug-likeness (QED) is 0.905. The van der Waals surface area contributed by atoms with E-state index in [1.165, 1.54) is 4.90 Å². The van der Waals surface area contributed by atoms with Crippen LogP contribution in [0.5, 0.6) is 0 Å². The topological polar surface area (TPSA) is 49.8 Å². The molecule has 1 N–H and O–H groups in total. The van der Waals surface area contributed by atoms with Crippen molar-refractivity contribution in [2.45, 2.75) is 6.61 Å². The van der Waals surface area contributed by atoms with Crippen molar-refractivity contribution in [2.75, 3.05) is 26.4 Å². The maximum atomic E-state index is 12.7. The van der Waals surface area contributed by atoms with Crippen LogP contribution in [0.15, 0.2) is 30.3 Å². The number of carbonyl (C=O) groups excluding carboxylic acids is 1. The van der Waals surface area contributed by atoms with Gasteiger partial charge in [-0.25, -0.2) is 4.79 Å². The third-order valence-corrected chi connectivity index (χ3v) is 3.47. The zero-order valence-corrected chi connectivity index (χ0v) is 10.7. The van der Waals surface area contributed by atoms with E-state index in [-0.39, 0.29) is 25.0 Å². The number of aliphatic hydroxyl groups is 1. The lowest BCUT2D eigenvalue weighted by Crippen LogP contribution is -2.30. The molecule has 104 valence electrons. The molecule has 1 aromatic carbocycles. The molecule has 0 bridgehead atoms. The van der Waals surface area contributed by atoms with Crippen LogP contribution in [0.2, 0.25) is 0 Å². The number of hydrogen-bond donors (Lipinski definition) is 1. The third kappa shape index (κ3) is 3.44. The first kappa shape index (κ1) is 13.8. The van der Waals surface area contributed by atoms with Crippen LogP contribution in [0.4, 0.5) is 9.18 Å². The van der Waals surface area contributed by atoms with Crippen molar-refractivity contribution >= 4 is 6.09 Å². The van der Waals surface area contributed by atoms with Crippen molar-refractivity contribution < 1.29 is 19.0 Å². The molecule has 1 aromatic rings. The van der Waals surface area contributed by atoms with E-state index in [0.717, 1.165) is 5.56 Å². The number of ether oxygens (including phenoxy) is 1. The Morgan fingerprint density at radius 2 is 2.00 bits per heavy atom. The highest BCUT2D eigenvalue weighted by Gasteiger charge is 2.35. The van der Waals surface area contributed by atoms with Crippen LogP contribution in [0.3, 0.4) is 0 Å². The summed E-state index contributed by atoms with van der Waals surface area (Å²) in [6.07, 6.45) is -0.446. The first-order chi connectivity index (χ1) is 9.24. The van der Waals surface area contributed by atoms with Crippen LogP contribution in [0.1, 0.15) is 5.56 Å². The number of halogens is 1. The monoisotopic (exact) mass is 267 g/mol. The van der Waals surface area contributed by atoms with Gasteiger partial charge in [-0.2, -0.15) is 0 Å². The molecule has 1 fully saturated rings. The van der Waals surface area contributed by atoms with Gasteiger partial charge in [0, 0.05) is 31.5 Å². The van der Waals surface area contributed by atoms with E-state index < -0.39 is 12.8 Å². The minimum absolute atomic E-state index is 0.100. The minimum atomic E-state index is -0.520. The van der Waals surface area contributed by atoms with E-state index in [9.17, 15) is 9.18 Å². The number of alkyl halides is 1. The molecule has 5 heteroatoms. The molecule has 0 spiro atoms. The van der Waals surface area contributed by atoms with Crippen molar-refractivity contribution in [3.8, 4) is 0 Å². The van der Waals surface area contributed by atoms with Gasteiger partial charge < -0.3 is 14.7 Å². The predicted octanol–water partition coefficient (Wildman–Crippen LogP) is 1.83. The van der Waals surface area contributed by atoms with Crippen LogP contribution in [-0.4, -0.2) is 42.5 Å². The number of rotatable bonds is 4. The highest BCUT2D eigenvalue weighted by Crippen LogP contribution is 2.24. The molecule has 19 heavy (non-hydrogen) atoms. The van der Waals surface area contributed by atoms with Gasteiger partial charge in [0.05, 0.1) is 6.67 Å². The molecular weight excluding hydrogens is 249 g/mol. The smallest absolute Gasteiger partial charge is 0.410 e. The van der Waals surface area contributed by atoms with Crippen LogP contribution >= 0.6 is 0 Å². The predicted molar refractivity (Wildman–Crippen MR) is 68.2 cm³/mol. The molecule has 1 saturated heterocycles. The van der Waals surface area contributed by atoms with Crippen molar-refractivity contribution in [3.63, 3.8) is 0 Å². The molecule has 0 unspecified atom stereocenters. The molecule has 1 heterocycles. The number of likely N-dealkylation sites (tertiary alicyclic amines) is 1. The van der Waals surface area contributed by atoms with Gasteiger partial charge in [0.1, 0.15) is 6.61 Å². The maximum Gasteiger partial charge on any atom is 0.410 e. The lowest BCUT2D eigenvalue weighted by molar-refractivity contribution is 0.101. The Balaban J connectivity index is 1.84. The molecule has 0 aromatic heterocycles. The molecule has 1 aliphatic rings. The van der Waals surface area contributed by atoms with Gasteiger partial charge >= 0.3 is 6.09 Å². The summed E-state index contributed by atoms with van der Waals surface area (Å²) in [6, 6.07) is 9.39. The van der Waals surface area contributed by atoms with Gasteiger partial charge in [-0.05, 0) is 5.56 Å². The summed E-state index contributed by atoms with van der Waals surface area (Å²) >= 11 is 0. The lowest BCUT2D eigenvalue weighted by Gasteiger charge is -2.16. The van der Waals surface area contributed by atoms with E-state index in [2.05, 4.69) is 0 Å². The summed E-state index contributed by atoms with van der Waals surface area (Å²) in [5.74, 6) is -0.469. The number of hydrogen-bond acceptors (Lipinski definition) is 3. The number of aliphatic hydroxyl groups excluding tert-OH is 1. The summed E-state index contributed by atoms with van der Waals surface area (Å²) in [6.45, 7) is 0.263. The maximum absolute atomic E-state index is 12.7. The molecule has 2 rings (SSSR count). The van der Waals surface area contributed by atoms with E-state index in [4.69, 9.17) is 9.84 Å². The van der Waals surface area contributed by atoms with Gasteiger partial charge in [0.25, 0.3) is 0 Å². The summed E-state index contributed by atoms with van der Waals surface area (Å²) in [4.78, 5) is 13.3. The Kier molecular flexibility index (Phi) is 4.74. The van der Waals surface area contributed by atoms with Crippen LogP contribution in [-0.2, 0) is 11.3 Å². The molecule has 0 saturated carbocycles. The molecule has 4 nitrogen and oxygen atoms in total. The van der Waals surface area contributed by atoms with Crippen molar-refractivity contribution in [3.05, 3.63) is 35.9 Å². The molecule has 2 atom stereocenters. The average Bonchev–Trinajstić information content (AvgIpc) is 2.89. The minimum Gasteiger partial charge on any atom is -0.445 e. The van der Waals surface area contributed by atoms with Gasteiger partial charge in [0.2, 0.25) is 0 Å². The Bertz CT molecular complexity index is 400. The number of benzene rings is 1. The van der Waals surface area contributed by atoms with Crippen molar-refractivity contribution in [1.29, 1.82) is 0 Å². The molecule has 0 aliphatic carbocycles. The van der Waals surface area contributed by atoms with Gasteiger partial charge in [-0.1, -0.05) is 30.3 Å².